The van der Waals surface area contributed by atoms with Crippen molar-refractivity contribution in [1.82, 2.24) is 14.7 Å². The average molecular weight is 476 g/mol. The number of hydrogen-bond acceptors (Lipinski definition) is 6. The first-order valence-corrected chi connectivity index (χ1v) is 12.7. The Morgan fingerprint density at radius 3 is 2.94 bits per heavy atom. The third kappa shape index (κ3) is 4.19. The SMILES string of the molecule is Cc1nn(C)cc1CN1CCOc2c(cc(-c3csc4ccccc34)cc2O[C@H]2CCOC2)C1. The summed E-state index contributed by atoms with van der Waals surface area (Å²) in [5.41, 5.74) is 5.92. The van der Waals surface area contributed by atoms with Crippen molar-refractivity contribution in [1.29, 1.82) is 0 Å². The second-order valence-electron chi connectivity index (χ2n) is 9.18. The van der Waals surface area contributed by atoms with Crippen LogP contribution in [0, 0.1) is 6.92 Å². The lowest BCUT2D eigenvalue weighted by molar-refractivity contribution is 0.137. The maximum atomic E-state index is 6.48. The van der Waals surface area contributed by atoms with Crippen LogP contribution in [0.25, 0.3) is 21.2 Å². The van der Waals surface area contributed by atoms with Gasteiger partial charge in [-0.15, -0.1) is 11.3 Å². The van der Waals surface area contributed by atoms with E-state index >= 15 is 0 Å². The minimum absolute atomic E-state index is 0.0690. The third-order valence-corrected chi connectivity index (χ3v) is 7.63. The lowest BCUT2D eigenvalue weighted by Crippen LogP contribution is -2.25. The highest BCUT2D eigenvalue weighted by Gasteiger charge is 2.25. The summed E-state index contributed by atoms with van der Waals surface area (Å²) in [6.07, 6.45) is 3.09. The zero-order valence-electron chi connectivity index (χ0n) is 19.6. The summed E-state index contributed by atoms with van der Waals surface area (Å²) in [6, 6.07) is 13.0. The Hall–Kier alpha value is -2.87. The molecule has 0 spiro atoms. The van der Waals surface area contributed by atoms with Crippen molar-refractivity contribution in [2.24, 2.45) is 7.05 Å². The molecule has 0 saturated carbocycles. The molecule has 2 aromatic carbocycles. The van der Waals surface area contributed by atoms with Gasteiger partial charge in [0.25, 0.3) is 0 Å². The Morgan fingerprint density at radius 2 is 2.12 bits per heavy atom. The number of hydrogen-bond donors (Lipinski definition) is 0. The van der Waals surface area contributed by atoms with Crippen molar-refractivity contribution in [3.63, 3.8) is 0 Å². The molecule has 2 aromatic heterocycles. The Kier molecular flexibility index (Phi) is 5.77. The maximum Gasteiger partial charge on any atom is 0.165 e. The number of nitrogens with zero attached hydrogens (tertiary/aromatic N) is 3. The van der Waals surface area contributed by atoms with E-state index in [1.165, 1.54) is 32.3 Å². The van der Waals surface area contributed by atoms with Crippen molar-refractivity contribution in [2.75, 3.05) is 26.4 Å². The quantitative estimate of drug-likeness (QED) is 0.398. The number of ether oxygens (including phenoxy) is 3. The Bertz CT molecular complexity index is 1320. The van der Waals surface area contributed by atoms with Gasteiger partial charge in [-0.2, -0.15) is 5.10 Å². The van der Waals surface area contributed by atoms with E-state index in [9.17, 15) is 0 Å². The molecule has 6 rings (SSSR count). The van der Waals surface area contributed by atoms with Gasteiger partial charge in [-0.3, -0.25) is 9.58 Å². The van der Waals surface area contributed by atoms with E-state index in [-0.39, 0.29) is 6.10 Å². The van der Waals surface area contributed by atoms with Crippen LogP contribution < -0.4 is 9.47 Å². The molecule has 7 heteroatoms. The molecule has 0 N–H and O–H groups in total. The van der Waals surface area contributed by atoms with E-state index in [1.807, 2.05) is 11.7 Å². The van der Waals surface area contributed by atoms with Crippen LogP contribution in [0.1, 0.15) is 23.2 Å². The molecular weight excluding hydrogens is 446 g/mol. The molecule has 1 saturated heterocycles. The van der Waals surface area contributed by atoms with E-state index in [1.54, 1.807) is 11.3 Å². The van der Waals surface area contributed by atoms with Gasteiger partial charge in [0.05, 0.1) is 18.9 Å². The van der Waals surface area contributed by atoms with Gasteiger partial charge in [-0.1, -0.05) is 18.2 Å². The highest BCUT2D eigenvalue weighted by atomic mass is 32.1. The number of benzene rings is 2. The summed E-state index contributed by atoms with van der Waals surface area (Å²) in [5, 5.41) is 8.05. The minimum atomic E-state index is 0.0690. The molecule has 4 heterocycles. The summed E-state index contributed by atoms with van der Waals surface area (Å²) in [5.74, 6) is 1.71. The van der Waals surface area contributed by atoms with Gasteiger partial charge in [-0.05, 0) is 36.1 Å². The van der Waals surface area contributed by atoms with Crippen molar-refractivity contribution in [3.8, 4) is 22.6 Å². The molecule has 34 heavy (non-hydrogen) atoms. The first kappa shape index (κ1) is 21.6. The van der Waals surface area contributed by atoms with E-state index in [0.29, 0.717) is 13.2 Å². The summed E-state index contributed by atoms with van der Waals surface area (Å²) in [4.78, 5) is 2.44. The van der Waals surface area contributed by atoms with Gasteiger partial charge < -0.3 is 14.2 Å². The summed E-state index contributed by atoms with van der Waals surface area (Å²) >= 11 is 1.78. The predicted octanol–water partition coefficient (Wildman–Crippen LogP) is 5.17. The van der Waals surface area contributed by atoms with E-state index in [4.69, 9.17) is 14.2 Å². The van der Waals surface area contributed by atoms with E-state index < -0.39 is 0 Å². The van der Waals surface area contributed by atoms with Crippen LogP contribution in [-0.2, 0) is 24.9 Å². The lowest BCUT2D eigenvalue weighted by Gasteiger charge is -2.20. The van der Waals surface area contributed by atoms with Gasteiger partial charge in [0, 0.05) is 66.1 Å². The highest BCUT2D eigenvalue weighted by molar-refractivity contribution is 7.17. The Balaban J connectivity index is 1.39. The number of aromatic nitrogens is 2. The largest absolute Gasteiger partial charge is 0.488 e. The summed E-state index contributed by atoms with van der Waals surface area (Å²) < 4.78 is 21.6. The van der Waals surface area contributed by atoms with Crippen LogP contribution >= 0.6 is 11.3 Å². The molecule has 1 atom stereocenters. The number of aryl methyl sites for hydroxylation is 2. The smallest absolute Gasteiger partial charge is 0.165 e. The van der Waals surface area contributed by atoms with Crippen LogP contribution in [-0.4, -0.2) is 47.1 Å². The molecule has 176 valence electrons. The second-order valence-corrected chi connectivity index (χ2v) is 10.1. The van der Waals surface area contributed by atoms with Gasteiger partial charge in [0.1, 0.15) is 12.7 Å². The van der Waals surface area contributed by atoms with Crippen molar-refractivity contribution in [3.05, 3.63) is 64.8 Å². The first-order chi connectivity index (χ1) is 16.6. The summed E-state index contributed by atoms with van der Waals surface area (Å²) in [7, 11) is 1.98. The van der Waals surface area contributed by atoms with Gasteiger partial charge in [0.15, 0.2) is 11.5 Å². The fourth-order valence-corrected chi connectivity index (χ4v) is 5.92. The zero-order chi connectivity index (χ0) is 23.1. The monoisotopic (exact) mass is 475 g/mol. The van der Waals surface area contributed by atoms with Crippen molar-refractivity contribution in [2.45, 2.75) is 32.5 Å². The normalized spacial score (nSPS) is 18.6. The van der Waals surface area contributed by atoms with Crippen molar-refractivity contribution >= 4 is 21.4 Å². The zero-order valence-corrected chi connectivity index (χ0v) is 20.4. The van der Waals surface area contributed by atoms with Crippen LogP contribution in [0.5, 0.6) is 11.5 Å². The number of rotatable bonds is 5. The highest BCUT2D eigenvalue weighted by Crippen LogP contribution is 2.42. The molecule has 0 unspecified atom stereocenters. The Labute approximate surface area is 203 Å². The summed E-state index contributed by atoms with van der Waals surface area (Å²) in [6.45, 7) is 6.59. The van der Waals surface area contributed by atoms with E-state index in [2.05, 4.69) is 64.9 Å². The number of fused-ring (bicyclic) bond motifs is 2. The third-order valence-electron chi connectivity index (χ3n) is 6.66. The molecule has 0 amide bonds. The maximum absolute atomic E-state index is 6.48. The molecule has 0 bridgehead atoms. The molecular formula is C27H29N3O3S. The van der Waals surface area contributed by atoms with Crippen LogP contribution in [0.2, 0.25) is 0 Å². The van der Waals surface area contributed by atoms with Crippen LogP contribution in [0.15, 0.2) is 48.0 Å². The standard InChI is InChI=1S/C27H29N3O3S/c1-18-21(13-29(2)28-18)15-30-8-10-32-27-20(14-30)11-19(12-25(27)33-22-7-9-31-16-22)24-17-34-26-6-4-3-5-23(24)26/h3-6,11-13,17,22H,7-10,14-16H2,1-2H3/t22-/m0/s1. The molecule has 0 radical (unpaired) electrons. The Morgan fingerprint density at radius 1 is 1.21 bits per heavy atom. The van der Waals surface area contributed by atoms with Crippen LogP contribution in [0.4, 0.5) is 0 Å². The molecule has 2 aliphatic rings. The second kappa shape index (κ2) is 9.06. The average Bonchev–Trinajstić information content (AvgIpc) is 3.52. The molecule has 6 nitrogen and oxygen atoms in total. The minimum Gasteiger partial charge on any atom is -0.488 e. The first-order valence-electron chi connectivity index (χ1n) is 11.9. The van der Waals surface area contributed by atoms with Crippen LogP contribution in [0.3, 0.4) is 0 Å². The van der Waals surface area contributed by atoms with Gasteiger partial charge in [-0.25, -0.2) is 0 Å². The fraction of sp³-hybridized carbons (Fsp3) is 0.370. The predicted molar refractivity (Wildman–Crippen MR) is 135 cm³/mol. The lowest BCUT2D eigenvalue weighted by atomic mass is 10.0. The van der Waals surface area contributed by atoms with Crippen molar-refractivity contribution < 1.29 is 14.2 Å². The fourth-order valence-electron chi connectivity index (χ4n) is 4.95. The molecule has 2 aliphatic heterocycles. The molecule has 1 fully saturated rings. The topological polar surface area (TPSA) is 48.8 Å². The number of thiophene rings is 1. The van der Waals surface area contributed by atoms with E-state index in [0.717, 1.165) is 49.9 Å². The van der Waals surface area contributed by atoms with Gasteiger partial charge >= 0.3 is 0 Å². The van der Waals surface area contributed by atoms with Gasteiger partial charge in [0.2, 0.25) is 0 Å². The molecule has 4 aromatic rings. The molecule has 0 aliphatic carbocycles.